The summed E-state index contributed by atoms with van der Waals surface area (Å²) in [6.07, 6.45) is 0.948. The van der Waals surface area contributed by atoms with Gasteiger partial charge in [0.15, 0.2) is 0 Å². The summed E-state index contributed by atoms with van der Waals surface area (Å²) < 4.78 is 6.14. The van der Waals surface area contributed by atoms with Crippen LogP contribution in [0.4, 0.5) is 0 Å². The van der Waals surface area contributed by atoms with Gasteiger partial charge in [0.1, 0.15) is 5.75 Å². The number of aryl methyl sites for hydroxylation is 3. The van der Waals surface area contributed by atoms with E-state index in [1.54, 1.807) is 0 Å². The van der Waals surface area contributed by atoms with Crippen LogP contribution >= 0.6 is 0 Å². The number of hydrogen-bond donors (Lipinski definition) is 1. The molecule has 0 aliphatic rings. The summed E-state index contributed by atoms with van der Waals surface area (Å²) >= 11 is 0. The Morgan fingerprint density at radius 2 is 1.90 bits per heavy atom. The number of benzene rings is 1. The van der Waals surface area contributed by atoms with Crippen LogP contribution in [0.5, 0.6) is 11.6 Å². The van der Waals surface area contributed by atoms with Crippen molar-refractivity contribution in [2.45, 2.75) is 40.7 Å². The lowest BCUT2D eigenvalue weighted by atomic mass is 10.1. The van der Waals surface area contributed by atoms with Gasteiger partial charge >= 0.3 is 0 Å². The maximum absolute atomic E-state index is 6.14. The van der Waals surface area contributed by atoms with E-state index in [4.69, 9.17) is 4.74 Å². The van der Waals surface area contributed by atoms with Crippen LogP contribution in [0, 0.1) is 13.8 Å². The Hall–Kier alpha value is -1.87. The van der Waals surface area contributed by atoms with E-state index in [-0.39, 0.29) is 0 Å². The molecule has 2 aromatic rings. The summed E-state index contributed by atoms with van der Waals surface area (Å²) in [5, 5.41) is 3.36. The third kappa shape index (κ3) is 3.82. The number of ether oxygens (including phenoxy) is 1. The van der Waals surface area contributed by atoms with Crippen molar-refractivity contribution in [2.24, 2.45) is 0 Å². The fourth-order valence-corrected chi connectivity index (χ4v) is 2.38. The van der Waals surface area contributed by atoms with E-state index in [0.29, 0.717) is 5.88 Å². The number of nitrogens with zero attached hydrogens (tertiary/aromatic N) is 1. The molecule has 0 aliphatic heterocycles. The highest BCUT2D eigenvalue weighted by Crippen LogP contribution is 2.29. The van der Waals surface area contributed by atoms with Crippen molar-refractivity contribution in [3.05, 3.63) is 52.7 Å². The third-order valence-electron chi connectivity index (χ3n) is 3.55. The summed E-state index contributed by atoms with van der Waals surface area (Å²) in [4.78, 5) is 4.60. The van der Waals surface area contributed by atoms with Crippen LogP contribution in [0.2, 0.25) is 0 Å². The Morgan fingerprint density at radius 1 is 1.14 bits per heavy atom. The van der Waals surface area contributed by atoms with Gasteiger partial charge in [0, 0.05) is 17.8 Å². The molecule has 0 bridgehead atoms. The Labute approximate surface area is 127 Å². The molecule has 1 aromatic heterocycles. The molecule has 3 heteroatoms. The summed E-state index contributed by atoms with van der Waals surface area (Å²) in [6, 6.07) is 10.3. The van der Waals surface area contributed by atoms with Gasteiger partial charge in [0.2, 0.25) is 5.88 Å². The van der Waals surface area contributed by atoms with Gasteiger partial charge in [-0.05, 0) is 50.1 Å². The second-order valence-electron chi connectivity index (χ2n) is 5.21. The molecule has 0 fully saturated rings. The molecule has 0 saturated carbocycles. The molecule has 112 valence electrons. The SMILES string of the molecule is CCNCc1c(C)cc(C)nc1Oc1ccccc1CC. The number of aromatic nitrogens is 1. The van der Waals surface area contributed by atoms with E-state index in [1.165, 1.54) is 11.1 Å². The maximum Gasteiger partial charge on any atom is 0.224 e. The topological polar surface area (TPSA) is 34.2 Å². The Bertz CT molecular complexity index is 608. The Morgan fingerprint density at radius 3 is 2.62 bits per heavy atom. The minimum Gasteiger partial charge on any atom is -0.438 e. The zero-order valence-electron chi connectivity index (χ0n) is 13.4. The first kappa shape index (κ1) is 15.5. The Balaban J connectivity index is 2.38. The molecule has 0 saturated heterocycles. The first-order valence-corrected chi connectivity index (χ1v) is 7.59. The molecule has 0 unspecified atom stereocenters. The first-order valence-electron chi connectivity index (χ1n) is 7.59. The summed E-state index contributed by atoms with van der Waals surface area (Å²) in [6.45, 7) is 10.1. The highest BCUT2D eigenvalue weighted by Gasteiger charge is 2.12. The summed E-state index contributed by atoms with van der Waals surface area (Å²) in [7, 11) is 0. The van der Waals surface area contributed by atoms with Crippen molar-refractivity contribution in [3.63, 3.8) is 0 Å². The van der Waals surface area contributed by atoms with E-state index in [9.17, 15) is 0 Å². The number of pyridine rings is 1. The highest BCUT2D eigenvalue weighted by molar-refractivity contribution is 5.41. The predicted molar refractivity (Wildman–Crippen MR) is 87.0 cm³/mol. The monoisotopic (exact) mass is 284 g/mol. The van der Waals surface area contributed by atoms with E-state index >= 15 is 0 Å². The van der Waals surface area contributed by atoms with E-state index in [0.717, 1.165) is 36.5 Å². The second-order valence-corrected chi connectivity index (χ2v) is 5.21. The van der Waals surface area contributed by atoms with Gasteiger partial charge in [0.25, 0.3) is 0 Å². The van der Waals surface area contributed by atoms with Crippen molar-refractivity contribution >= 4 is 0 Å². The third-order valence-corrected chi connectivity index (χ3v) is 3.55. The average molecular weight is 284 g/mol. The van der Waals surface area contributed by atoms with Gasteiger partial charge in [-0.1, -0.05) is 32.0 Å². The molecule has 0 atom stereocenters. The minimum absolute atomic E-state index is 0.717. The number of para-hydroxylation sites is 1. The minimum atomic E-state index is 0.717. The molecule has 1 N–H and O–H groups in total. The molecule has 0 amide bonds. The van der Waals surface area contributed by atoms with Crippen molar-refractivity contribution in [1.82, 2.24) is 10.3 Å². The second kappa shape index (κ2) is 7.23. The van der Waals surface area contributed by atoms with Gasteiger partial charge in [-0.2, -0.15) is 0 Å². The van der Waals surface area contributed by atoms with Crippen molar-refractivity contribution in [3.8, 4) is 11.6 Å². The molecule has 0 aliphatic carbocycles. The normalized spacial score (nSPS) is 10.7. The Kier molecular flexibility index (Phi) is 5.34. The lowest BCUT2D eigenvalue weighted by Gasteiger charge is -2.15. The van der Waals surface area contributed by atoms with E-state index < -0.39 is 0 Å². The molecule has 21 heavy (non-hydrogen) atoms. The molecule has 0 spiro atoms. The van der Waals surface area contributed by atoms with E-state index in [2.05, 4.69) is 43.2 Å². The van der Waals surface area contributed by atoms with Gasteiger partial charge in [-0.25, -0.2) is 4.98 Å². The zero-order valence-corrected chi connectivity index (χ0v) is 13.4. The van der Waals surface area contributed by atoms with Crippen LogP contribution in [0.15, 0.2) is 30.3 Å². The molecule has 3 nitrogen and oxygen atoms in total. The number of hydrogen-bond acceptors (Lipinski definition) is 3. The van der Waals surface area contributed by atoms with Crippen molar-refractivity contribution < 1.29 is 4.74 Å². The summed E-state index contributed by atoms with van der Waals surface area (Å²) in [5.74, 6) is 1.62. The highest BCUT2D eigenvalue weighted by atomic mass is 16.5. The van der Waals surface area contributed by atoms with Crippen molar-refractivity contribution in [2.75, 3.05) is 6.54 Å². The van der Waals surface area contributed by atoms with Crippen LogP contribution in [-0.2, 0) is 13.0 Å². The molecular formula is C18H24N2O. The van der Waals surface area contributed by atoms with E-state index in [1.807, 2.05) is 25.1 Å². The van der Waals surface area contributed by atoms with Crippen LogP contribution in [0.1, 0.15) is 36.2 Å². The maximum atomic E-state index is 6.14. The summed E-state index contributed by atoms with van der Waals surface area (Å²) in [5.41, 5.74) is 4.53. The fourth-order valence-electron chi connectivity index (χ4n) is 2.38. The van der Waals surface area contributed by atoms with Crippen LogP contribution in [-0.4, -0.2) is 11.5 Å². The average Bonchev–Trinajstić information content (AvgIpc) is 2.47. The van der Waals surface area contributed by atoms with Crippen LogP contribution in [0.3, 0.4) is 0 Å². The predicted octanol–water partition coefficient (Wildman–Crippen LogP) is 4.16. The molecule has 2 rings (SSSR count). The number of nitrogens with one attached hydrogen (secondary N) is 1. The van der Waals surface area contributed by atoms with Gasteiger partial charge in [-0.15, -0.1) is 0 Å². The molecule has 1 aromatic carbocycles. The lowest BCUT2D eigenvalue weighted by Crippen LogP contribution is -2.14. The zero-order chi connectivity index (χ0) is 15.2. The van der Waals surface area contributed by atoms with Crippen LogP contribution in [0.25, 0.3) is 0 Å². The van der Waals surface area contributed by atoms with Gasteiger partial charge in [-0.3, -0.25) is 0 Å². The van der Waals surface area contributed by atoms with Crippen molar-refractivity contribution in [1.29, 1.82) is 0 Å². The smallest absolute Gasteiger partial charge is 0.224 e. The largest absolute Gasteiger partial charge is 0.438 e. The number of rotatable bonds is 6. The van der Waals surface area contributed by atoms with Crippen LogP contribution < -0.4 is 10.1 Å². The fraction of sp³-hybridized carbons (Fsp3) is 0.389. The molecule has 0 radical (unpaired) electrons. The molecule has 1 heterocycles. The quantitative estimate of drug-likeness (QED) is 0.864. The molecular weight excluding hydrogens is 260 g/mol. The first-order chi connectivity index (χ1) is 10.2. The standard InChI is InChI=1S/C18H24N2O/c1-5-15-9-7-8-10-17(15)21-18-16(12-19-6-2)13(3)11-14(4)20-18/h7-11,19H,5-6,12H2,1-4H3. The lowest BCUT2D eigenvalue weighted by molar-refractivity contribution is 0.446. The van der Waals surface area contributed by atoms with Gasteiger partial charge in [0.05, 0.1) is 0 Å². The van der Waals surface area contributed by atoms with Gasteiger partial charge < -0.3 is 10.1 Å².